The summed E-state index contributed by atoms with van der Waals surface area (Å²) < 4.78 is 4.86. The topological polar surface area (TPSA) is 49.7 Å². The van der Waals surface area contributed by atoms with E-state index in [1.54, 1.807) is 37.4 Å². The van der Waals surface area contributed by atoms with Gasteiger partial charge < -0.3 is 14.9 Å². The van der Waals surface area contributed by atoms with Crippen LogP contribution in [0.1, 0.15) is 5.56 Å². The monoisotopic (exact) mass is 232 g/mol. The summed E-state index contributed by atoms with van der Waals surface area (Å²) in [7, 11) is 1.59. The second-order valence-corrected chi connectivity index (χ2v) is 3.48. The van der Waals surface area contributed by atoms with E-state index in [0.29, 0.717) is 5.75 Å². The van der Waals surface area contributed by atoms with Gasteiger partial charge in [-0.3, -0.25) is 0 Å². The fraction of sp³-hybridized carbons (Fsp3) is 0.143. The molecule has 0 radical (unpaired) electrons. The molecule has 0 aromatic heterocycles. The predicted octanol–water partition coefficient (Wildman–Crippen LogP) is 3.10. The van der Waals surface area contributed by atoms with Gasteiger partial charge in [0, 0.05) is 0 Å². The van der Waals surface area contributed by atoms with Crippen molar-refractivity contribution in [2.45, 2.75) is 6.92 Å². The zero-order valence-electron chi connectivity index (χ0n) is 9.92. The molecule has 0 atom stereocenters. The van der Waals surface area contributed by atoms with Gasteiger partial charge in [0.15, 0.2) is 0 Å². The zero-order valence-corrected chi connectivity index (χ0v) is 9.92. The van der Waals surface area contributed by atoms with Crippen LogP contribution in [-0.4, -0.2) is 17.3 Å². The van der Waals surface area contributed by atoms with E-state index >= 15 is 0 Å². The Morgan fingerprint density at radius 1 is 0.882 bits per heavy atom. The molecule has 17 heavy (non-hydrogen) atoms. The number of methoxy groups -OCH3 is 1. The van der Waals surface area contributed by atoms with Gasteiger partial charge in [0.2, 0.25) is 0 Å². The van der Waals surface area contributed by atoms with Gasteiger partial charge in [-0.05, 0) is 42.8 Å². The van der Waals surface area contributed by atoms with E-state index in [4.69, 9.17) is 14.9 Å². The first-order valence-corrected chi connectivity index (χ1v) is 5.21. The second-order valence-electron chi connectivity index (χ2n) is 3.48. The molecule has 0 amide bonds. The van der Waals surface area contributed by atoms with Crippen LogP contribution < -0.4 is 4.74 Å². The Bertz CT molecular complexity index is 428. The van der Waals surface area contributed by atoms with Gasteiger partial charge in [0.1, 0.15) is 17.2 Å². The third kappa shape index (κ3) is 4.47. The highest BCUT2D eigenvalue weighted by molar-refractivity contribution is 5.30. The number of hydrogen-bond donors (Lipinski definition) is 2. The first kappa shape index (κ1) is 12.9. The highest BCUT2D eigenvalue weighted by Gasteiger charge is 1.88. The lowest BCUT2D eigenvalue weighted by atomic mass is 10.2. The van der Waals surface area contributed by atoms with Crippen LogP contribution in [0.2, 0.25) is 0 Å². The molecule has 0 unspecified atom stereocenters. The summed E-state index contributed by atoms with van der Waals surface area (Å²) in [5, 5.41) is 17.7. The molecular formula is C14H16O3. The van der Waals surface area contributed by atoms with Crippen LogP contribution in [0.4, 0.5) is 0 Å². The Kier molecular flexibility index (Phi) is 4.88. The summed E-state index contributed by atoms with van der Waals surface area (Å²) >= 11 is 0. The van der Waals surface area contributed by atoms with Gasteiger partial charge in [-0.15, -0.1) is 0 Å². The minimum atomic E-state index is 0.260. The third-order valence-corrected chi connectivity index (χ3v) is 2.19. The van der Waals surface area contributed by atoms with Crippen molar-refractivity contribution in [3.8, 4) is 17.2 Å². The molecule has 3 nitrogen and oxygen atoms in total. The second kappa shape index (κ2) is 6.43. The number of hydrogen-bond acceptors (Lipinski definition) is 3. The van der Waals surface area contributed by atoms with E-state index in [2.05, 4.69) is 0 Å². The van der Waals surface area contributed by atoms with Crippen molar-refractivity contribution in [2.24, 2.45) is 0 Å². The van der Waals surface area contributed by atoms with Crippen molar-refractivity contribution in [3.05, 3.63) is 54.1 Å². The van der Waals surface area contributed by atoms with Crippen molar-refractivity contribution in [3.63, 3.8) is 0 Å². The summed E-state index contributed by atoms with van der Waals surface area (Å²) in [6, 6.07) is 13.8. The van der Waals surface area contributed by atoms with E-state index in [9.17, 15) is 0 Å². The number of ether oxygens (including phenoxy) is 1. The maximum Gasteiger partial charge on any atom is 0.119 e. The van der Waals surface area contributed by atoms with Crippen molar-refractivity contribution in [1.29, 1.82) is 0 Å². The summed E-state index contributed by atoms with van der Waals surface area (Å²) in [4.78, 5) is 0. The highest BCUT2D eigenvalue weighted by Crippen LogP contribution is 2.14. The number of para-hydroxylation sites is 1. The van der Waals surface area contributed by atoms with Crippen LogP contribution in [-0.2, 0) is 0 Å². The molecule has 0 heterocycles. The smallest absolute Gasteiger partial charge is 0.119 e. The molecule has 0 spiro atoms. The Morgan fingerprint density at radius 3 is 1.88 bits per heavy atom. The minimum Gasteiger partial charge on any atom is -0.508 e. The summed E-state index contributed by atoms with van der Waals surface area (Å²) in [5.74, 6) is 1.39. The van der Waals surface area contributed by atoms with E-state index in [1.807, 2.05) is 25.1 Å². The Balaban J connectivity index is 0.000000171. The fourth-order valence-corrected chi connectivity index (χ4v) is 1.15. The van der Waals surface area contributed by atoms with Crippen LogP contribution in [0, 0.1) is 6.92 Å². The Morgan fingerprint density at radius 2 is 1.47 bits per heavy atom. The third-order valence-electron chi connectivity index (χ3n) is 2.19. The van der Waals surface area contributed by atoms with E-state index in [0.717, 1.165) is 11.3 Å². The number of aryl methyl sites for hydroxylation is 1. The first-order chi connectivity index (χ1) is 8.13. The van der Waals surface area contributed by atoms with Gasteiger partial charge in [0.05, 0.1) is 7.11 Å². The average molecular weight is 232 g/mol. The molecule has 2 aromatic rings. The van der Waals surface area contributed by atoms with Gasteiger partial charge >= 0.3 is 0 Å². The summed E-state index contributed by atoms with van der Waals surface area (Å²) in [6.45, 7) is 1.87. The molecule has 0 fully saturated rings. The summed E-state index contributed by atoms with van der Waals surface area (Å²) in [6.07, 6.45) is 0. The molecule has 0 saturated heterocycles. The van der Waals surface area contributed by atoms with Crippen molar-refractivity contribution in [1.82, 2.24) is 0 Å². The van der Waals surface area contributed by atoms with E-state index < -0.39 is 0 Å². The van der Waals surface area contributed by atoms with Gasteiger partial charge in [-0.2, -0.15) is 0 Å². The Labute approximate surface area is 101 Å². The number of rotatable bonds is 1. The van der Waals surface area contributed by atoms with E-state index in [-0.39, 0.29) is 5.75 Å². The lowest BCUT2D eigenvalue weighted by molar-refractivity contribution is 0.412. The Hall–Kier alpha value is -2.16. The number of phenols is 2. The predicted molar refractivity (Wildman–Crippen MR) is 67.5 cm³/mol. The number of benzene rings is 2. The lowest BCUT2D eigenvalue weighted by Crippen LogP contribution is -1.79. The molecule has 3 heteroatoms. The minimum absolute atomic E-state index is 0.260. The van der Waals surface area contributed by atoms with Gasteiger partial charge in [-0.25, -0.2) is 0 Å². The largest absolute Gasteiger partial charge is 0.508 e. The van der Waals surface area contributed by atoms with Crippen LogP contribution in [0.5, 0.6) is 17.2 Å². The van der Waals surface area contributed by atoms with Gasteiger partial charge in [-0.1, -0.05) is 18.2 Å². The first-order valence-electron chi connectivity index (χ1n) is 5.21. The quantitative estimate of drug-likeness (QED) is 0.794. The number of phenolic OH excluding ortho intramolecular Hbond substituents is 2. The fourth-order valence-electron chi connectivity index (χ4n) is 1.15. The van der Waals surface area contributed by atoms with Crippen LogP contribution >= 0.6 is 0 Å². The maximum atomic E-state index is 8.92. The molecule has 0 bridgehead atoms. The molecule has 2 aromatic carbocycles. The van der Waals surface area contributed by atoms with Crippen LogP contribution in [0.25, 0.3) is 0 Å². The van der Waals surface area contributed by atoms with E-state index in [1.165, 1.54) is 0 Å². The molecular weight excluding hydrogens is 216 g/mol. The molecule has 2 rings (SSSR count). The molecule has 0 aliphatic carbocycles. The zero-order chi connectivity index (χ0) is 12.7. The van der Waals surface area contributed by atoms with Crippen molar-refractivity contribution >= 4 is 0 Å². The van der Waals surface area contributed by atoms with Crippen molar-refractivity contribution < 1.29 is 14.9 Å². The maximum absolute atomic E-state index is 8.92. The van der Waals surface area contributed by atoms with Crippen molar-refractivity contribution in [2.75, 3.05) is 7.11 Å². The van der Waals surface area contributed by atoms with Crippen LogP contribution in [0.15, 0.2) is 48.5 Å². The average Bonchev–Trinajstić information content (AvgIpc) is 2.35. The summed E-state index contributed by atoms with van der Waals surface area (Å²) in [5.41, 5.74) is 0.924. The van der Waals surface area contributed by atoms with Gasteiger partial charge in [0.25, 0.3) is 0 Å². The normalized spacial score (nSPS) is 9.06. The molecule has 0 aliphatic rings. The molecule has 0 aliphatic heterocycles. The molecule has 0 saturated carbocycles. The molecule has 2 N–H and O–H groups in total. The standard InChI is InChI=1S/C7H8O2.C7H8O/c1-9-7-4-2-6(8)3-5-7;1-6-4-2-3-5-7(6)8/h2-5,8H,1H3;2-5,8H,1H3. The number of aromatic hydroxyl groups is 2. The van der Waals surface area contributed by atoms with Crippen LogP contribution in [0.3, 0.4) is 0 Å². The molecule has 90 valence electrons. The SMILES string of the molecule is COc1ccc(O)cc1.Cc1ccccc1O. The lowest BCUT2D eigenvalue weighted by Gasteiger charge is -1.96. The highest BCUT2D eigenvalue weighted by atomic mass is 16.5.